The largest absolute Gasteiger partial charge is 0.380 e. The van der Waals surface area contributed by atoms with Crippen LogP contribution in [0, 0.1) is 5.41 Å². The highest BCUT2D eigenvalue weighted by molar-refractivity contribution is 5.98. The van der Waals surface area contributed by atoms with E-state index in [0.29, 0.717) is 31.9 Å². The van der Waals surface area contributed by atoms with E-state index in [1.165, 1.54) is 0 Å². The number of aromatic nitrogens is 4. The molecule has 0 spiro atoms. The number of carbonyl (C=O) groups is 1. The second-order valence-corrected chi connectivity index (χ2v) is 8.82. The van der Waals surface area contributed by atoms with Gasteiger partial charge >= 0.3 is 0 Å². The molecule has 1 fully saturated rings. The van der Waals surface area contributed by atoms with Crippen LogP contribution >= 0.6 is 0 Å². The third-order valence-corrected chi connectivity index (χ3v) is 5.78. The fourth-order valence-corrected chi connectivity index (χ4v) is 4.12. The number of carbonyl (C=O) groups excluding carboxylic acids is 1. The molecular formula is C25H25N5O2. The van der Waals surface area contributed by atoms with Gasteiger partial charge in [0.05, 0.1) is 24.6 Å². The summed E-state index contributed by atoms with van der Waals surface area (Å²) in [7, 11) is 1.84. The first kappa shape index (κ1) is 20.3. The Morgan fingerprint density at radius 1 is 1.09 bits per heavy atom. The number of hydrogen-bond donors (Lipinski definition) is 1. The first-order valence-corrected chi connectivity index (χ1v) is 10.7. The van der Waals surface area contributed by atoms with Crippen molar-refractivity contribution >= 4 is 16.8 Å². The van der Waals surface area contributed by atoms with Crippen LogP contribution in [0.2, 0.25) is 0 Å². The van der Waals surface area contributed by atoms with Gasteiger partial charge in [-0.2, -0.15) is 0 Å². The van der Waals surface area contributed by atoms with Gasteiger partial charge in [-0.1, -0.05) is 19.1 Å². The lowest BCUT2D eigenvalue weighted by atomic mass is 9.88. The lowest BCUT2D eigenvalue weighted by Crippen LogP contribution is -2.49. The van der Waals surface area contributed by atoms with E-state index in [2.05, 4.69) is 32.9 Å². The summed E-state index contributed by atoms with van der Waals surface area (Å²) in [5.74, 6) is 0.720. The molecule has 1 amide bonds. The maximum Gasteiger partial charge on any atom is 0.270 e. The van der Waals surface area contributed by atoms with Crippen LogP contribution in [-0.2, 0) is 11.2 Å². The van der Waals surface area contributed by atoms with Crippen molar-refractivity contribution in [3.05, 3.63) is 78.0 Å². The Bertz CT molecular complexity index is 1260. The molecule has 4 aromatic rings. The number of aromatic amines is 1. The van der Waals surface area contributed by atoms with Crippen molar-refractivity contribution in [1.82, 2.24) is 24.8 Å². The third-order valence-electron chi connectivity index (χ3n) is 5.78. The summed E-state index contributed by atoms with van der Waals surface area (Å²) in [6, 6.07) is 15.7. The summed E-state index contributed by atoms with van der Waals surface area (Å²) in [6.45, 7) is 4.22. The van der Waals surface area contributed by atoms with E-state index in [9.17, 15) is 4.79 Å². The third kappa shape index (κ3) is 4.11. The van der Waals surface area contributed by atoms with Crippen LogP contribution in [0.3, 0.4) is 0 Å². The fraction of sp³-hybridized carbons (Fsp3) is 0.280. The molecule has 4 heterocycles. The summed E-state index contributed by atoms with van der Waals surface area (Å²) < 4.78 is 5.31. The Balaban J connectivity index is 1.34. The standard InChI is InChI=1S/C25H25N5O2/c1-25(15-32-16-25)14-30(2)24(31)22-13-18-11-17(6-7-19(18)28-22)12-23-27-10-8-21(29-23)20-5-3-4-9-26-20/h3-11,13,28H,12,14-16H2,1-2H3. The predicted octanol–water partition coefficient (Wildman–Crippen LogP) is 3.72. The molecule has 162 valence electrons. The van der Waals surface area contributed by atoms with Crippen LogP contribution in [0.15, 0.2) is 60.9 Å². The van der Waals surface area contributed by atoms with Gasteiger partial charge in [0, 0.05) is 48.7 Å². The molecule has 0 bridgehead atoms. The molecular weight excluding hydrogens is 402 g/mol. The first-order chi connectivity index (χ1) is 15.5. The minimum atomic E-state index is -0.0118. The SMILES string of the molecule is CN(CC1(C)COC1)C(=O)c1cc2cc(Cc3nccc(-c4ccccn4)n3)ccc2[nH]1. The Labute approximate surface area is 186 Å². The van der Waals surface area contributed by atoms with Gasteiger partial charge in [0.25, 0.3) is 5.91 Å². The molecule has 0 atom stereocenters. The quantitative estimate of drug-likeness (QED) is 0.507. The lowest BCUT2D eigenvalue weighted by Gasteiger charge is -2.40. The minimum absolute atomic E-state index is 0.0118. The number of H-pyrrole nitrogens is 1. The molecule has 0 saturated carbocycles. The molecule has 3 aromatic heterocycles. The normalized spacial score (nSPS) is 14.8. The zero-order valence-corrected chi connectivity index (χ0v) is 18.2. The van der Waals surface area contributed by atoms with Crippen LogP contribution in [0.25, 0.3) is 22.3 Å². The maximum absolute atomic E-state index is 12.9. The molecule has 1 saturated heterocycles. The average molecular weight is 428 g/mol. The number of nitrogens with one attached hydrogen (secondary N) is 1. The minimum Gasteiger partial charge on any atom is -0.380 e. The van der Waals surface area contributed by atoms with E-state index in [1.807, 2.05) is 49.5 Å². The number of pyridine rings is 1. The van der Waals surface area contributed by atoms with Gasteiger partial charge < -0.3 is 14.6 Å². The number of rotatable bonds is 6. The molecule has 0 unspecified atom stereocenters. The molecule has 32 heavy (non-hydrogen) atoms. The Morgan fingerprint density at radius 3 is 2.72 bits per heavy atom. The molecule has 7 heteroatoms. The number of amides is 1. The maximum atomic E-state index is 12.9. The number of fused-ring (bicyclic) bond motifs is 1. The highest BCUT2D eigenvalue weighted by atomic mass is 16.5. The van der Waals surface area contributed by atoms with Crippen molar-refractivity contribution in [2.45, 2.75) is 13.3 Å². The summed E-state index contributed by atoms with van der Waals surface area (Å²) in [5.41, 5.74) is 4.30. The zero-order chi connectivity index (χ0) is 22.1. The highest BCUT2D eigenvalue weighted by Gasteiger charge is 2.35. The fourth-order valence-electron chi connectivity index (χ4n) is 4.12. The summed E-state index contributed by atoms with van der Waals surface area (Å²) in [6.07, 6.45) is 4.12. The Kier molecular flexibility index (Phi) is 5.19. The van der Waals surface area contributed by atoms with Crippen LogP contribution in [0.5, 0.6) is 0 Å². The van der Waals surface area contributed by atoms with Gasteiger partial charge in [0.2, 0.25) is 0 Å². The molecule has 7 nitrogen and oxygen atoms in total. The molecule has 1 N–H and O–H groups in total. The highest BCUT2D eigenvalue weighted by Crippen LogP contribution is 2.28. The molecule has 0 radical (unpaired) electrons. The van der Waals surface area contributed by atoms with Crippen molar-refractivity contribution < 1.29 is 9.53 Å². The number of hydrogen-bond acceptors (Lipinski definition) is 5. The lowest BCUT2D eigenvalue weighted by molar-refractivity contribution is -0.109. The van der Waals surface area contributed by atoms with Gasteiger partial charge in [0.1, 0.15) is 11.5 Å². The molecule has 0 aliphatic carbocycles. The van der Waals surface area contributed by atoms with Gasteiger partial charge in [-0.05, 0) is 42.0 Å². The molecule has 1 aliphatic heterocycles. The number of ether oxygens (including phenoxy) is 1. The van der Waals surface area contributed by atoms with Gasteiger partial charge in [-0.3, -0.25) is 9.78 Å². The van der Waals surface area contributed by atoms with Crippen molar-refractivity contribution in [2.75, 3.05) is 26.8 Å². The summed E-state index contributed by atoms with van der Waals surface area (Å²) >= 11 is 0. The smallest absolute Gasteiger partial charge is 0.270 e. The van der Waals surface area contributed by atoms with E-state index in [4.69, 9.17) is 4.74 Å². The van der Waals surface area contributed by atoms with Crippen LogP contribution in [-0.4, -0.2) is 57.5 Å². The Hall–Kier alpha value is -3.58. The van der Waals surface area contributed by atoms with E-state index in [-0.39, 0.29) is 11.3 Å². The average Bonchev–Trinajstić information content (AvgIpc) is 3.21. The summed E-state index contributed by atoms with van der Waals surface area (Å²) in [4.78, 5) is 31.4. The monoisotopic (exact) mass is 427 g/mol. The van der Waals surface area contributed by atoms with Crippen LogP contribution in [0.1, 0.15) is 28.8 Å². The van der Waals surface area contributed by atoms with Crippen molar-refractivity contribution in [2.24, 2.45) is 5.41 Å². The zero-order valence-electron chi connectivity index (χ0n) is 18.2. The summed E-state index contributed by atoms with van der Waals surface area (Å²) in [5, 5.41) is 0.998. The topological polar surface area (TPSA) is 84.0 Å². The van der Waals surface area contributed by atoms with E-state index in [0.717, 1.165) is 33.7 Å². The van der Waals surface area contributed by atoms with Crippen molar-refractivity contribution in [1.29, 1.82) is 0 Å². The molecule has 1 aliphatic rings. The van der Waals surface area contributed by atoms with E-state index < -0.39 is 0 Å². The number of benzene rings is 1. The molecule has 5 rings (SSSR count). The van der Waals surface area contributed by atoms with Crippen molar-refractivity contribution in [3.8, 4) is 11.4 Å². The van der Waals surface area contributed by atoms with Gasteiger partial charge in [-0.25, -0.2) is 9.97 Å². The van der Waals surface area contributed by atoms with Crippen LogP contribution in [0.4, 0.5) is 0 Å². The second-order valence-electron chi connectivity index (χ2n) is 8.82. The molecule has 1 aromatic carbocycles. The Morgan fingerprint density at radius 2 is 1.97 bits per heavy atom. The van der Waals surface area contributed by atoms with E-state index in [1.54, 1.807) is 17.3 Å². The van der Waals surface area contributed by atoms with E-state index >= 15 is 0 Å². The van der Waals surface area contributed by atoms with Crippen LogP contribution < -0.4 is 0 Å². The number of nitrogens with zero attached hydrogens (tertiary/aromatic N) is 4. The second kappa shape index (κ2) is 8.16. The van der Waals surface area contributed by atoms with Crippen molar-refractivity contribution in [3.63, 3.8) is 0 Å². The predicted molar refractivity (Wildman–Crippen MR) is 122 cm³/mol. The first-order valence-electron chi connectivity index (χ1n) is 10.7. The van der Waals surface area contributed by atoms with Gasteiger partial charge in [-0.15, -0.1) is 0 Å². The van der Waals surface area contributed by atoms with Gasteiger partial charge in [0.15, 0.2) is 0 Å².